The zero-order valence-electron chi connectivity index (χ0n) is 10.2. The first-order chi connectivity index (χ1) is 9.20. The molecule has 2 atom stereocenters. The monoisotopic (exact) mass is 283 g/mol. The molecule has 2 aromatic rings. The molecule has 3 rings (SSSR count). The van der Waals surface area contributed by atoms with Crippen LogP contribution in [0.5, 0.6) is 0 Å². The molecule has 0 radical (unpaired) electrons. The summed E-state index contributed by atoms with van der Waals surface area (Å²) in [5.74, 6) is 0.269. The fourth-order valence-electron chi connectivity index (χ4n) is 2.27. The molecule has 2 N–H and O–H groups in total. The second-order valence-electron chi connectivity index (χ2n) is 4.28. The normalized spacial score (nSPS) is 23.0. The Hall–Kier alpha value is -1.71. The minimum atomic E-state index is -0.417. The molecule has 0 amide bonds. The highest BCUT2D eigenvalue weighted by atomic mass is 32.1. The number of hydrogen-bond acceptors (Lipinski definition) is 7. The summed E-state index contributed by atoms with van der Waals surface area (Å²) in [5, 5.41) is 19.2. The predicted molar refractivity (Wildman–Crippen MR) is 70.8 cm³/mol. The molecule has 0 aliphatic carbocycles. The summed E-state index contributed by atoms with van der Waals surface area (Å²) < 4.78 is 6.81. The van der Waals surface area contributed by atoms with Gasteiger partial charge < -0.3 is 25.5 Å². The summed E-state index contributed by atoms with van der Waals surface area (Å²) in [5.41, 5.74) is 0. The van der Waals surface area contributed by atoms with Crippen molar-refractivity contribution in [2.24, 2.45) is 0 Å². The fourth-order valence-corrected chi connectivity index (χ4v) is 2.98. The van der Waals surface area contributed by atoms with Crippen LogP contribution in [0, 0.1) is 10.1 Å². The second-order valence-corrected chi connectivity index (χ2v) is 5.15. The van der Waals surface area contributed by atoms with Crippen LogP contribution in [-0.4, -0.2) is 46.7 Å². The molecule has 1 aliphatic rings. The molecule has 0 bridgehead atoms. The van der Waals surface area contributed by atoms with Gasteiger partial charge in [-0.25, -0.2) is 0 Å². The van der Waals surface area contributed by atoms with E-state index in [1.54, 1.807) is 18.7 Å². The number of imidazole rings is 1. The van der Waals surface area contributed by atoms with E-state index in [-0.39, 0.29) is 18.0 Å². The van der Waals surface area contributed by atoms with Gasteiger partial charge in [-0.1, -0.05) is 11.3 Å². The molecule has 1 fully saturated rings. The van der Waals surface area contributed by atoms with E-state index < -0.39 is 4.92 Å². The molecule has 1 saturated heterocycles. The molecule has 0 spiro atoms. The highest BCUT2D eigenvalue weighted by Gasteiger charge is 2.31. The number of methoxy groups -OCH3 is 1. The lowest BCUT2D eigenvalue weighted by Crippen LogP contribution is -2.33. The van der Waals surface area contributed by atoms with Gasteiger partial charge in [-0.05, 0) is 4.92 Å². The number of anilines is 1. The highest BCUT2D eigenvalue weighted by molar-refractivity contribution is 7.15. The Morgan fingerprint density at radius 3 is 3.26 bits per heavy atom. The lowest BCUT2D eigenvalue weighted by molar-refractivity contribution is -0.389. The summed E-state index contributed by atoms with van der Waals surface area (Å²) in [6.07, 6.45) is 1.64. The lowest BCUT2D eigenvalue weighted by Gasteiger charge is -2.17. The van der Waals surface area contributed by atoms with E-state index in [0.717, 1.165) is 6.54 Å². The van der Waals surface area contributed by atoms with Crippen LogP contribution in [0.2, 0.25) is 0 Å². The van der Waals surface area contributed by atoms with Crippen LogP contribution in [-0.2, 0) is 4.74 Å². The summed E-state index contributed by atoms with van der Waals surface area (Å²) >= 11 is 1.36. The number of thiazole rings is 1. The number of nitro groups is 1. The lowest BCUT2D eigenvalue weighted by atomic mass is 10.2. The molecular formula is C10H13N5O3S. The molecule has 1 unspecified atom stereocenters. The molecule has 8 nitrogen and oxygen atoms in total. The number of ether oxygens (including phenoxy) is 1. The van der Waals surface area contributed by atoms with Crippen molar-refractivity contribution in [3.05, 3.63) is 21.7 Å². The van der Waals surface area contributed by atoms with Crippen LogP contribution < -0.4 is 10.6 Å². The predicted octanol–water partition coefficient (Wildman–Crippen LogP) is 0.703. The Morgan fingerprint density at radius 1 is 1.68 bits per heavy atom. The van der Waals surface area contributed by atoms with Crippen molar-refractivity contribution in [3.63, 3.8) is 0 Å². The maximum absolute atomic E-state index is 11.2. The van der Waals surface area contributed by atoms with Crippen molar-refractivity contribution in [1.29, 1.82) is 0 Å². The van der Waals surface area contributed by atoms with Crippen molar-refractivity contribution in [1.82, 2.24) is 14.7 Å². The summed E-state index contributed by atoms with van der Waals surface area (Å²) in [6.45, 7) is 1.42. The Labute approximate surface area is 112 Å². The zero-order valence-corrected chi connectivity index (χ0v) is 11.0. The topological polar surface area (TPSA) is 93.7 Å². The van der Waals surface area contributed by atoms with Gasteiger partial charge in [0.15, 0.2) is 0 Å². The van der Waals surface area contributed by atoms with Crippen molar-refractivity contribution < 1.29 is 9.66 Å². The third-order valence-electron chi connectivity index (χ3n) is 3.19. The maximum Gasteiger partial charge on any atom is 0.372 e. The van der Waals surface area contributed by atoms with Gasteiger partial charge in [0.1, 0.15) is 6.20 Å². The second kappa shape index (κ2) is 4.76. The van der Waals surface area contributed by atoms with E-state index in [4.69, 9.17) is 4.74 Å². The largest absolute Gasteiger partial charge is 0.378 e. The molecule has 19 heavy (non-hydrogen) atoms. The average molecular weight is 283 g/mol. The molecule has 3 heterocycles. The third kappa shape index (κ3) is 2.05. The maximum atomic E-state index is 11.2. The van der Waals surface area contributed by atoms with Crippen LogP contribution in [0.1, 0.15) is 0 Å². The molecule has 0 aromatic carbocycles. The van der Waals surface area contributed by atoms with Gasteiger partial charge >= 0.3 is 5.82 Å². The van der Waals surface area contributed by atoms with Crippen molar-refractivity contribution in [2.75, 3.05) is 25.5 Å². The summed E-state index contributed by atoms with van der Waals surface area (Å²) in [4.78, 5) is 15.6. The van der Waals surface area contributed by atoms with Crippen molar-refractivity contribution in [3.8, 4) is 0 Å². The van der Waals surface area contributed by atoms with E-state index in [1.807, 2.05) is 0 Å². The first-order valence-corrected chi connectivity index (χ1v) is 6.68. The van der Waals surface area contributed by atoms with Crippen molar-refractivity contribution in [2.45, 2.75) is 12.1 Å². The Kier molecular flexibility index (Phi) is 3.09. The van der Waals surface area contributed by atoms with Crippen LogP contribution in [0.4, 0.5) is 11.6 Å². The third-order valence-corrected chi connectivity index (χ3v) is 3.95. The smallest absolute Gasteiger partial charge is 0.372 e. The van der Waals surface area contributed by atoms with E-state index in [9.17, 15) is 10.1 Å². The zero-order chi connectivity index (χ0) is 13.4. The Bertz CT molecular complexity index is 609. The van der Waals surface area contributed by atoms with Crippen LogP contribution in [0.15, 0.2) is 11.6 Å². The van der Waals surface area contributed by atoms with E-state index in [1.165, 1.54) is 15.7 Å². The van der Waals surface area contributed by atoms with Gasteiger partial charge in [0.05, 0.1) is 12.1 Å². The quantitative estimate of drug-likeness (QED) is 0.634. The van der Waals surface area contributed by atoms with Crippen LogP contribution >= 0.6 is 11.3 Å². The number of nitrogens with one attached hydrogen (secondary N) is 2. The number of nitrogens with zero attached hydrogens (tertiary/aromatic N) is 3. The molecule has 1 aliphatic heterocycles. The summed E-state index contributed by atoms with van der Waals surface area (Å²) in [6, 6.07) is -0.0201. The molecule has 0 saturated carbocycles. The molecule has 2 aromatic heterocycles. The van der Waals surface area contributed by atoms with Gasteiger partial charge in [-0.2, -0.15) is 9.38 Å². The Balaban J connectivity index is 1.93. The minimum Gasteiger partial charge on any atom is -0.378 e. The molecule has 9 heteroatoms. The van der Waals surface area contributed by atoms with Crippen LogP contribution in [0.3, 0.4) is 0 Å². The molecule has 102 valence electrons. The van der Waals surface area contributed by atoms with E-state index in [0.29, 0.717) is 17.3 Å². The van der Waals surface area contributed by atoms with Gasteiger partial charge in [0.25, 0.3) is 4.96 Å². The average Bonchev–Trinajstić information content (AvgIpc) is 3.03. The summed E-state index contributed by atoms with van der Waals surface area (Å²) in [7, 11) is 1.63. The number of hydrogen-bond donors (Lipinski definition) is 2. The number of rotatable bonds is 4. The van der Waals surface area contributed by atoms with Crippen molar-refractivity contribution >= 4 is 27.9 Å². The fraction of sp³-hybridized carbons (Fsp3) is 0.500. The Morgan fingerprint density at radius 2 is 2.53 bits per heavy atom. The standard InChI is InChI=1S/C10H13N5O3S/c1-18-7-5-11-4-6(7)12-8-9(15(16)17)14-2-3-19-10(14)13-8/h2-3,6-7,11-12H,4-5H2,1H3/t6?,7-/m0/s1. The first-order valence-electron chi connectivity index (χ1n) is 5.80. The van der Waals surface area contributed by atoms with E-state index in [2.05, 4.69) is 15.6 Å². The van der Waals surface area contributed by atoms with Crippen LogP contribution in [0.25, 0.3) is 4.96 Å². The number of fused-ring (bicyclic) bond motifs is 1. The van der Waals surface area contributed by atoms with E-state index >= 15 is 0 Å². The molecular weight excluding hydrogens is 270 g/mol. The van der Waals surface area contributed by atoms with Gasteiger partial charge in [-0.15, -0.1) is 0 Å². The number of aromatic nitrogens is 2. The van der Waals surface area contributed by atoms with Gasteiger partial charge in [-0.3, -0.25) is 0 Å². The SMILES string of the molecule is CO[C@H]1CNCC1Nc1nc2sccn2c1[N+](=O)[O-]. The minimum absolute atomic E-state index is 0.0145. The van der Waals surface area contributed by atoms with Gasteiger partial charge in [0.2, 0.25) is 5.82 Å². The highest BCUT2D eigenvalue weighted by Crippen LogP contribution is 2.29. The first kappa shape index (κ1) is 12.3. The van der Waals surface area contributed by atoms with Gasteiger partial charge in [0, 0.05) is 25.6 Å².